The third kappa shape index (κ3) is 3.82. The average Bonchev–Trinajstić information content (AvgIpc) is 3.23. The molecule has 5 rings (SSSR count). The molecule has 2 aliphatic rings. The molecule has 0 radical (unpaired) electrons. The molecule has 10 heteroatoms. The van der Waals surface area contributed by atoms with Crippen molar-refractivity contribution in [1.82, 2.24) is 29.0 Å². The normalized spacial score (nSPS) is 18.2. The molecule has 0 aliphatic carbocycles. The minimum Gasteiger partial charge on any atom is -0.347 e. The van der Waals surface area contributed by atoms with Gasteiger partial charge in [-0.1, -0.05) is 30.3 Å². The standard InChI is InChI=1S/C21H25N7O2S/c1-25-9-12-27(13-10-25)31(29,30)18-7-8-19(22-15-18)26-11-14-28-20(16-26)23-24-21(28)17-5-3-2-4-6-17/h2-8,15H,9-14,16H2,1H3. The summed E-state index contributed by atoms with van der Waals surface area (Å²) in [5.41, 5.74) is 1.05. The molecule has 162 valence electrons. The number of hydrogen-bond donors (Lipinski definition) is 0. The molecule has 1 fully saturated rings. The molecule has 0 saturated carbocycles. The summed E-state index contributed by atoms with van der Waals surface area (Å²) in [5, 5.41) is 8.75. The van der Waals surface area contributed by atoms with Gasteiger partial charge < -0.3 is 14.4 Å². The van der Waals surface area contributed by atoms with Crippen LogP contribution in [0.25, 0.3) is 11.4 Å². The van der Waals surface area contributed by atoms with Crippen LogP contribution in [0.3, 0.4) is 0 Å². The predicted octanol–water partition coefficient (Wildman–Crippen LogP) is 1.30. The number of anilines is 1. The highest BCUT2D eigenvalue weighted by Gasteiger charge is 2.28. The number of piperazine rings is 1. The van der Waals surface area contributed by atoms with Gasteiger partial charge >= 0.3 is 0 Å². The summed E-state index contributed by atoms with van der Waals surface area (Å²) in [6.07, 6.45) is 1.47. The van der Waals surface area contributed by atoms with E-state index in [4.69, 9.17) is 0 Å². The molecule has 0 unspecified atom stereocenters. The topological polar surface area (TPSA) is 87.5 Å². The molecule has 2 aliphatic heterocycles. The van der Waals surface area contributed by atoms with Gasteiger partial charge in [0.15, 0.2) is 11.6 Å². The zero-order valence-electron chi connectivity index (χ0n) is 17.4. The lowest BCUT2D eigenvalue weighted by molar-refractivity contribution is 0.222. The second-order valence-electron chi connectivity index (χ2n) is 7.94. The molecular weight excluding hydrogens is 414 g/mol. The molecule has 3 aromatic rings. The maximum atomic E-state index is 12.9. The Bertz CT molecular complexity index is 1150. The van der Waals surface area contributed by atoms with E-state index in [2.05, 4.69) is 29.5 Å². The Kier molecular flexibility index (Phi) is 5.20. The number of aromatic nitrogens is 4. The molecule has 1 aromatic carbocycles. The maximum Gasteiger partial charge on any atom is 0.244 e. The van der Waals surface area contributed by atoms with Crippen LogP contribution in [0.1, 0.15) is 5.82 Å². The third-order valence-electron chi connectivity index (χ3n) is 5.93. The van der Waals surface area contributed by atoms with Crippen LogP contribution in [-0.2, 0) is 23.1 Å². The highest BCUT2D eigenvalue weighted by Crippen LogP contribution is 2.25. The maximum absolute atomic E-state index is 12.9. The highest BCUT2D eigenvalue weighted by atomic mass is 32.2. The van der Waals surface area contributed by atoms with E-state index in [9.17, 15) is 8.42 Å². The van der Waals surface area contributed by atoms with E-state index in [0.717, 1.165) is 49.2 Å². The van der Waals surface area contributed by atoms with E-state index < -0.39 is 10.0 Å². The van der Waals surface area contributed by atoms with Gasteiger partial charge in [-0.15, -0.1) is 10.2 Å². The fourth-order valence-electron chi connectivity index (χ4n) is 4.04. The lowest BCUT2D eigenvalue weighted by Crippen LogP contribution is -2.47. The van der Waals surface area contributed by atoms with Crippen LogP contribution >= 0.6 is 0 Å². The van der Waals surface area contributed by atoms with Gasteiger partial charge in [0.2, 0.25) is 10.0 Å². The SMILES string of the molecule is CN1CCN(S(=O)(=O)c2ccc(N3CCn4c(nnc4-c4ccccc4)C3)nc2)CC1. The first-order valence-corrected chi connectivity index (χ1v) is 11.8. The van der Waals surface area contributed by atoms with Crippen LogP contribution in [0.15, 0.2) is 53.6 Å². The molecule has 4 heterocycles. The van der Waals surface area contributed by atoms with Crippen LogP contribution in [0, 0.1) is 0 Å². The minimum atomic E-state index is -3.51. The second kappa shape index (κ2) is 8.03. The van der Waals surface area contributed by atoms with Crippen molar-refractivity contribution < 1.29 is 8.42 Å². The molecule has 31 heavy (non-hydrogen) atoms. The quantitative estimate of drug-likeness (QED) is 0.605. The van der Waals surface area contributed by atoms with Crippen molar-refractivity contribution in [1.29, 1.82) is 0 Å². The van der Waals surface area contributed by atoms with Crippen LogP contribution in [-0.4, -0.2) is 77.1 Å². The summed E-state index contributed by atoms with van der Waals surface area (Å²) in [7, 11) is -1.51. The minimum absolute atomic E-state index is 0.243. The monoisotopic (exact) mass is 439 g/mol. The Morgan fingerprint density at radius 3 is 2.35 bits per heavy atom. The van der Waals surface area contributed by atoms with Crippen molar-refractivity contribution in [3.63, 3.8) is 0 Å². The van der Waals surface area contributed by atoms with E-state index >= 15 is 0 Å². The first kappa shape index (κ1) is 20.1. The molecule has 2 aromatic heterocycles. The van der Waals surface area contributed by atoms with E-state index in [1.54, 1.807) is 12.1 Å². The molecular formula is C21H25N7O2S. The number of fused-ring (bicyclic) bond motifs is 1. The lowest BCUT2D eigenvalue weighted by atomic mass is 10.2. The van der Waals surface area contributed by atoms with Gasteiger partial charge in [0.1, 0.15) is 10.7 Å². The molecule has 9 nitrogen and oxygen atoms in total. The zero-order chi connectivity index (χ0) is 21.4. The average molecular weight is 440 g/mol. The number of hydrogen-bond acceptors (Lipinski definition) is 7. The van der Waals surface area contributed by atoms with E-state index in [1.165, 1.54) is 10.5 Å². The summed E-state index contributed by atoms with van der Waals surface area (Å²) in [6.45, 7) is 4.57. The number of sulfonamides is 1. The molecule has 0 N–H and O–H groups in total. The van der Waals surface area contributed by atoms with Crippen LogP contribution in [0.5, 0.6) is 0 Å². The van der Waals surface area contributed by atoms with Crippen LogP contribution < -0.4 is 4.90 Å². The largest absolute Gasteiger partial charge is 0.347 e. The Morgan fingerprint density at radius 1 is 0.871 bits per heavy atom. The van der Waals surface area contributed by atoms with Gasteiger partial charge in [0.05, 0.1) is 6.54 Å². The van der Waals surface area contributed by atoms with Crippen LogP contribution in [0.2, 0.25) is 0 Å². The van der Waals surface area contributed by atoms with Gasteiger partial charge in [-0.2, -0.15) is 4.31 Å². The third-order valence-corrected chi connectivity index (χ3v) is 7.81. The van der Waals surface area contributed by atoms with Gasteiger partial charge in [0.25, 0.3) is 0 Å². The Labute approximate surface area is 182 Å². The van der Waals surface area contributed by atoms with E-state index in [1.807, 2.05) is 37.4 Å². The number of pyridine rings is 1. The zero-order valence-corrected chi connectivity index (χ0v) is 18.2. The fraction of sp³-hybridized carbons (Fsp3) is 0.381. The van der Waals surface area contributed by atoms with Gasteiger partial charge in [0, 0.05) is 51.0 Å². The Morgan fingerprint density at radius 2 is 1.65 bits per heavy atom. The van der Waals surface area contributed by atoms with Crippen molar-refractivity contribution in [2.45, 2.75) is 18.0 Å². The number of likely N-dealkylation sites (N-methyl/N-ethyl adjacent to an activating group) is 1. The first-order chi connectivity index (χ1) is 15.0. The van der Waals surface area contributed by atoms with Crippen molar-refractivity contribution in [3.8, 4) is 11.4 Å². The van der Waals surface area contributed by atoms with Crippen LogP contribution in [0.4, 0.5) is 5.82 Å². The van der Waals surface area contributed by atoms with Gasteiger partial charge in [-0.05, 0) is 19.2 Å². The molecule has 0 atom stereocenters. The second-order valence-corrected chi connectivity index (χ2v) is 9.88. The summed E-state index contributed by atoms with van der Waals surface area (Å²) < 4.78 is 29.5. The molecule has 0 bridgehead atoms. The molecule has 1 saturated heterocycles. The summed E-state index contributed by atoms with van der Waals surface area (Å²) in [5.74, 6) is 2.49. The highest BCUT2D eigenvalue weighted by molar-refractivity contribution is 7.89. The van der Waals surface area contributed by atoms with Crippen molar-refractivity contribution in [2.75, 3.05) is 44.7 Å². The molecule has 0 amide bonds. The van der Waals surface area contributed by atoms with E-state index in [-0.39, 0.29) is 4.90 Å². The molecule has 0 spiro atoms. The summed E-state index contributed by atoms with van der Waals surface area (Å²) >= 11 is 0. The summed E-state index contributed by atoms with van der Waals surface area (Å²) in [4.78, 5) is 8.94. The lowest BCUT2D eigenvalue weighted by Gasteiger charge is -2.31. The fourth-order valence-corrected chi connectivity index (χ4v) is 5.41. The van der Waals surface area contributed by atoms with Crippen molar-refractivity contribution in [2.24, 2.45) is 0 Å². The summed E-state index contributed by atoms with van der Waals surface area (Å²) in [6, 6.07) is 13.5. The van der Waals surface area contributed by atoms with Crippen molar-refractivity contribution in [3.05, 3.63) is 54.5 Å². The van der Waals surface area contributed by atoms with Crippen molar-refractivity contribution >= 4 is 15.8 Å². The smallest absolute Gasteiger partial charge is 0.244 e. The van der Waals surface area contributed by atoms with Gasteiger partial charge in [-0.25, -0.2) is 13.4 Å². The Balaban J connectivity index is 1.32. The number of rotatable bonds is 4. The first-order valence-electron chi connectivity index (χ1n) is 10.4. The van der Waals surface area contributed by atoms with Gasteiger partial charge in [-0.3, -0.25) is 0 Å². The van der Waals surface area contributed by atoms with E-state index in [0.29, 0.717) is 19.6 Å². The number of nitrogens with zero attached hydrogens (tertiary/aromatic N) is 7. The Hall–Kier alpha value is -2.82. The predicted molar refractivity (Wildman–Crippen MR) is 117 cm³/mol. The number of benzene rings is 1.